The summed E-state index contributed by atoms with van der Waals surface area (Å²) in [4.78, 5) is 7.94. The average molecular weight is 270 g/mol. The monoisotopic (exact) mass is 270 g/mol. The van der Waals surface area contributed by atoms with Gasteiger partial charge < -0.3 is 4.52 Å². The minimum atomic E-state index is -0.333. The van der Waals surface area contributed by atoms with E-state index in [1.165, 1.54) is 23.1 Å². The molecule has 0 spiro atoms. The fraction of sp³-hybridized carbons (Fsp3) is 0.0833. The van der Waals surface area contributed by atoms with E-state index in [0.717, 1.165) is 0 Å². The van der Waals surface area contributed by atoms with Gasteiger partial charge in [0.1, 0.15) is 24.8 Å². The molecule has 2 heterocycles. The minimum absolute atomic E-state index is 0.0762. The maximum atomic E-state index is 12.8. The molecule has 0 aliphatic heterocycles. The van der Waals surface area contributed by atoms with Gasteiger partial charge in [0.2, 0.25) is 0 Å². The Morgan fingerprint density at radius 3 is 2.80 bits per heavy atom. The summed E-state index contributed by atoms with van der Waals surface area (Å²) in [5, 5.41) is 16.3. The van der Waals surface area contributed by atoms with Crippen LogP contribution in [0.2, 0.25) is 0 Å². The van der Waals surface area contributed by atoms with Gasteiger partial charge >= 0.3 is 0 Å². The van der Waals surface area contributed by atoms with Crippen LogP contribution in [0.1, 0.15) is 11.6 Å². The molecular weight excluding hydrogens is 263 g/mol. The van der Waals surface area contributed by atoms with Crippen molar-refractivity contribution in [1.82, 2.24) is 24.9 Å². The Morgan fingerprint density at radius 2 is 2.10 bits per heavy atom. The van der Waals surface area contributed by atoms with Crippen LogP contribution in [0.4, 0.5) is 4.39 Å². The van der Waals surface area contributed by atoms with Gasteiger partial charge in [-0.2, -0.15) is 10.2 Å². The Labute approximate surface area is 112 Å². The predicted molar refractivity (Wildman–Crippen MR) is 63.5 cm³/mol. The van der Waals surface area contributed by atoms with Gasteiger partial charge in [-0.1, -0.05) is 5.16 Å². The molecule has 0 unspecified atom stereocenters. The van der Waals surface area contributed by atoms with Crippen molar-refractivity contribution in [3.05, 3.63) is 48.1 Å². The van der Waals surface area contributed by atoms with Gasteiger partial charge in [0, 0.05) is 5.56 Å². The molecule has 0 saturated carbocycles. The van der Waals surface area contributed by atoms with Crippen LogP contribution in [0.25, 0.3) is 11.5 Å². The lowest BCUT2D eigenvalue weighted by molar-refractivity contribution is 0.418. The van der Waals surface area contributed by atoms with E-state index >= 15 is 0 Å². The van der Waals surface area contributed by atoms with Gasteiger partial charge in [0.25, 0.3) is 11.7 Å². The van der Waals surface area contributed by atoms with Crippen molar-refractivity contribution in [1.29, 1.82) is 5.26 Å². The molecule has 7 nitrogen and oxygen atoms in total. The van der Waals surface area contributed by atoms with Crippen molar-refractivity contribution >= 4 is 0 Å². The van der Waals surface area contributed by atoms with E-state index in [-0.39, 0.29) is 18.2 Å². The fourth-order valence-corrected chi connectivity index (χ4v) is 1.59. The van der Waals surface area contributed by atoms with Crippen LogP contribution in [-0.2, 0) is 6.54 Å². The number of nitriles is 1. The molecule has 1 aromatic carbocycles. The highest BCUT2D eigenvalue weighted by Crippen LogP contribution is 2.17. The summed E-state index contributed by atoms with van der Waals surface area (Å²) >= 11 is 0. The standard InChI is InChI=1S/C12H7FN6O/c13-9-3-1-8(2-4-9)12-16-11(18-20-12)6-19-7-15-10(5-14)17-19/h1-4,7H,6H2. The number of rotatable bonds is 3. The highest BCUT2D eigenvalue weighted by molar-refractivity contribution is 5.52. The van der Waals surface area contributed by atoms with Crippen LogP contribution in [-0.4, -0.2) is 24.9 Å². The number of halogens is 1. The quantitative estimate of drug-likeness (QED) is 0.713. The highest BCUT2D eigenvalue weighted by atomic mass is 19.1. The molecule has 2 aromatic heterocycles. The van der Waals surface area contributed by atoms with E-state index in [2.05, 4.69) is 20.2 Å². The maximum Gasteiger partial charge on any atom is 0.257 e. The van der Waals surface area contributed by atoms with Crippen molar-refractivity contribution in [2.24, 2.45) is 0 Å². The topological polar surface area (TPSA) is 93.4 Å². The lowest BCUT2D eigenvalue weighted by Gasteiger charge is -1.93. The number of benzene rings is 1. The van der Waals surface area contributed by atoms with E-state index in [9.17, 15) is 4.39 Å². The molecule has 3 rings (SSSR count). The molecule has 0 aliphatic rings. The molecule has 20 heavy (non-hydrogen) atoms. The second-order valence-electron chi connectivity index (χ2n) is 3.90. The summed E-state index contributed by atoms with van der Waals surface area (Å²) in [6.07, 6.45) is 1.41. The van der Waals surface area contributed by atoms with E-state index in [0.29, 0.717) is 17.3 Å². The van der Waals surface area contributed by atoms with Crippen molar-refractivity contribution < 1.29 is 8.91 Å². The summed E-state index contributed by atoms with van der Waals surface area (Å²) in [7, 11) is 0. The summed E-state index contributed by atoms with van der Waals surface area (Å²) in [5.41, 5.74) is 0.626. The lowest BCUT2D eigenvalue weighted by Crippen LogP contribution is -2.02. The highest BCUT2D eigenvalue weighted by Gasteiger charge is 2.10. The first-order valence-corrected chi connectivity index (χ1v) is 5.62. The summed E-state index contributed by atoms with van der Waals surface area (Å²) in [6, 6.07) is 7.56. The zero-order chi connectivity index (χ0) is 13.9. The van der Waals surface area contributed by atoms with Gasteiger partial charge in [0.05, 0.1) is 0 Å². The third kappa shape index (κ3) is 2.37. The van der Waals surface area contributed by atoms with Crippen LogP contribution < -0.4 is 0 Å². The van der Waals surface area contributed by atoms with Crippen LogP contribution in [0.5, 0.6) is 0 Å². The first-order valence-electron chi connectivity index (χ1n) is 5.62. The number of nitrogens with zero attached hydrogens (tertiary/aromatic N) is 6. The van der Waals surface area contributed by atoms with Crippen LogP contribution >= 0.6 is 0 Å². The van der Waals surface area contributed by atoms with E-state index < -0.39 is 0 Å². The number of hydrogen-bond donors (Lipinski definition) is 0. The second-order valence-corrected chi connectivity index (χ2v) is 3.90. The molecule has 0 atom stereocenters. The second kappa shape index (κ2) is 4.89. The summed E-state index contributed by atoms with van der Waals surface area (Å²) < 4.78 is 19.3. The van der Waals surface area contributed by atoms with E-state index in [1.807, 2.05) is 6.07 Å². The van der Waals surface area contributed by atoms with Gasteiger partial charge in [-0.15, -0.1) is 5.10 Å². The fourth-order valence-electron chi connectivity index (χ4n) is 1.59. The van der Waals surface area contributed by atoms with E-state index in [1.54, 1.807) is 12.1 Å². The third-order valence-corrected chi connectivity index (χ3v) is 2.50. The van der Waals surface area contributed by atoms with Crippen molar-refractivity contribution in [2.75, 3.05) is 0 Å². The largest absolute Gasteiger partial charge is 0.334 e. The molecule has 0 radical (unpaired) electrons. The van der Waals surface area contributed by atoms with Crippen LogP contribution in [0.3, 0.4) is 0 Å². The van der Waals surface area contributed by atoms with Crippen LogP contribution in [0.15, 0.2) is 35.1 Å². The molecule has 3 aromatic rings. The third-order valence-electron chi connectivity index (χ3n) is 2.50. The van der Waals surface area contributed by atoms with Crippen LogP contribution in [0, 0.1) is 17.1 Å². The van der Waals surface area contributed by atoms with Crippen molar-refractivity contribution in [2.45, 2.75) is 6.54 Å². The SMILES string of the molecule is N#Cc1ncn(Cc2noc(-c3ccc(F)cc3)n2)n1. The first kappa shape index (κ1) is 12.0. The van der Waals surface area contributed by atoms with Crippen molar-refractivity contribution in [3.8, 4) is 17.5 Å². The molecular formula is C12H7FN6O. The molecule has 0 saturated heterocycles. The minimum Gasteiger partial charge on any atom is -0.334 e. The molecule has 0 N–H and O–H groups in total. The Balaban J connectivity index is 1.80. The van der Waals surface area contributed by atoms with Gasteiger partial charge in [-0.25, -0.2) is 14.1 Å². The van der Waals surface area contributed by atoms with Gasteiger partial charge in [0.15, 0.2) is 5.82 Å². The zero-order valence-corrected chi connectivity index (χ0v) is 10.1. The smallest absolute Gasteiger partial charge is 0.257 e. The Kier molecular flexibility index (Phi) is 2.93. The predicted octanol–water partition coefficient (Wildman–Crippen LogP) is 1.39. The molecule has 0 fully saturated rings. The Bertz CT molecular complexity index is 770. The Hall–Kier alpha value is -3.08. The van der Waals surface area contributed by atoms with Gasteiger partial charge in [-0.05, 0) is 24.3 Å². The molecule has 8 heteroatoms. The van der Waals surface area contributed by atoms with Crippen molar-refractivity contribution in [3.63, 3.8) is 0 Å². The Morgan fingerprint density at radius 1 is 1.30 bits per heavy atom. The van der Waals surface area contributed by atoms with Gasteiger partial charge in [-0.3, -0.25) is 0 Å². The summed E-state index contributed by atoms with van der Waals surface area (Å²) in [6.45, 7) is 0.235. The lowest BCUT2D eigenvalue weighted by atomic mass is 10.2. The molecule has 0 bridgehead atoms. The normalized spacial score (nSPS) is 10.4. The summed E-state index contributed by atoms with van der Waals surface area (Å²) in [5.74, 6) is 0.423. The molecule has 98 valence electrons. The first-order chi connectivity index (χ1) is 9.74. The number of aromatic nitrogens is 5. The maximum absolute atomic E-state index is 12.8. The molecule has 0 aliphatic carbocycles. The number of hydrogen-bond acceptors (Lipinski definition) is 6. The molecule has 0 amide bonds. The zero-order valence-electron chi connectivity index (χ0n) is 10.1. The average Bonchev–Trinajstić information content (AvgIpc) is 3.09. The van der Waals surface area contributed by atoms with E-state index in [4.69, 9.17) is 9.78 Å².